The van der Waals surface area contributed by atoms with Crippen molar-refractivity contribution in [2.24, 2.45) is 0 Å². The van der Waals surface area contributed by atoms with Gasteiger partial charge in [0.25, 0.3) is 10.0 Å². The number of sulfonamides is 1. The number of aryl methyl sites for hydroxylation is 1. The maximum Gasteiger partial charge on any atom is 0.264 e. The summed E-state index contributed by atoms with van der Waals surface area (Å²) in [4.78, 5) is -0.566. The van der Waals surface area contributed by atoms with E-state index in [1.54, 1.807) is 6.92 Å². The van der Waals surface area contributed by atoms with Gasteiger partial charge in [0.05, 0.1) is 12.3 Å². The topological polar surface area (TPSA) is 66.4 Å². The molecular formula is C14H13F2NO3S. The summed E-state index contributed by atoms with van der Waals surface area (Å²) in [5, 5.41) is 8.88. The van der Waals surface area contributed by atoms with Crippen LogP contribution < -0.4 is 4.72 Å². The molecule has 2 rings (SSSR count). The van der Waals surface area contributed by atoms with Crippen LogP contribution in [0.3, 0.4) is 0 Å². The highest BCUT2D eigenvalue weighted by atomic mass is 32.2. The molecule has 2 aromatic carbocycles. The normalized spacial score (nSPS) is 11.4. The standard InChI is InChI=1S/C14H13F2NO3S/c1-9-2-4-11(15)7-13(9)17-21(19,20)14-5-3-10(8-18)6-12(14)16/h2-7,17-18H,8H2,1H3. The Kier molecular flexibility index (Phi) is 4.24. The van der Waals surface area contributed by atoms with Crippen LogP contribution in [0.15, 0.2) is 41.3 Å². The molecule has 21 heavy (non-hydrogen) atoms. The lowest BCUT2D eigenvalue weighted by Crippen LogP contribution is -2.15. The lowest BCUT2D eigenvalue weighted by Gasteiger charge is -2.11. The predicted octanol–water partition coefficient (Wildman–Crippen LogP) is 2.57. The molecule has 0 radical (unpaired) electrons. The van der Waals surface area contributed by atoms with Crippen LogP contribution in [0.1, 0.15) is 11.1 Å². The van der Waals surface area contributed by atoms with Gasteiger partial charge in [-0.3, -0.25) is 4.72 Å². The molecule has 0 aliphatic heterocycles. The molecule has 0 saturated heterocycles. The van der Waals surface area contributed by atoms with Crippen LogP contribution in [0, 0.1) is 18.6 Å². The average molecular weight is 313 g/mol. The molecule has 2 aromatic rings. The highest BCUT2D eigenvalue weighted by Gasteiger charge is 2.20. The van der Waals surface area contributed by atoms with E-state index in [-0.39, 0.29) is 11.3 Å². The van der Waals surface area contributed by atoms with Crippen LogP contribution in [0.25, 0.3) is 0 Å². The number of aliphatic hydroxyl groups is 1. The number of rotatable bonds is 4. The highest BCUT2D eigenvalue weighted by molar-refractivity contribution is 7.92. The van der Waals surface area contributed by atoms with Crippen molar-refractivity contribution in [3.63, 3.8) is 0 Å². The van der Waals surface area contributed by atoms with E-state index in [1.165, 1.54) is 18.2 Å². The predicted molar refractivity (Wildman–Crippen MR) is 74.3 cm³/mol. The first kappa shape index (κ1) is 15.4. The van der Waals surface area contributed by atoms with E-state index in [0.29, 0.717) is 5.56 Å². The molecule has 0 amide bonds. The van der Waals surface area contributed by atoms with E-state index in [1.807, 2.05) is 0 Å². The molecule has 0 aromatic heterocycles. The van der Waals surface area contributed by atoms with E-state index in [2.05, 4.69) is 4.72 Å². The van der Waals surface area contributed by atoms with Crippen LogP contribution in [-0.2, 0) is 16.6 Å². The minimum absolute atomic E-state index is 0.0423. The van der Waals surface area contributed by atoms with Crippen molar-refractivity contribution in [2.75, 3.05) is 4.72 Å². The number of halogens is 2. The van der Waals surface area contributed by atoms with Gasteiger partial charge in [0, 0.05) is 0 Å². The number of benzene rings is 2. The Morgan fingerprint density at radius 1 is 1.14 bits per heavy atom. The summed E-state index contributed by atoms with van der Waals surface area (Å²) in [5.41, 5.74) is 0.807. The van der Waals surface area contributed by atoms with Crippen LogP contribution in [0.5, 0.6) is 0 Å². The van der Waals surface area contributed by atoms with Gasteiger partial charge in [-0.25, -0.2) is 17.2 Å². The first-order chi connectivity index (χ1) is 9.83. The van der Waals surface area contributed by atoms with E-state index in [4.69, 9.17) is 5.11 Å². The fourth-order valence-electron chi connectivity index (χ4n) is 1.76. The minimum Gasteiger partial charge on any atom is -0.392 e. The Hall–Kier alpha value is -1.99. The summed E-state index contributed by atoms with van der Waals surface area (Å²) in [6.07, 6.45) is 0. The van der Waals surface area contributed by atoms with Gasteiger partial charge in [-0.2, -0.15) is 0 Å². The van der Waals surface area contributed by atoms with Crippen molar-refractivity contribution in [2.45, 2.75) is 18.4 Å². The maximum atomic E-state index is 13.8. The largest absolute Gasteiger partial charge is 0.392 e. The average Bonchev–Trinajstić information content (AvgIpc) is 2.42. The Balaban J connectivity index is 2.41. The minimum atomic E-state index is -4.18. The molecule has 0 atom stereocenters. The van der Waals surface area contributed by atoms with Crippen molar-refractivity contribution in [1.82, 2.24) is 0 Å². The van der Waals surface area contributed by atoms with Gasteiger partial charge in [-0.1, -0.05) is 12.1 Å². The highest BCUT2D eigenvalue weighted by Crippen LogP contribution is 2.23. The molecule has 112 valence electrons. The molecule has 4 nitrogen and oxygen atoms in total. The van der Waals surface area contributed by atoms with E-state index < -0.39 is 33.2 Å². The van der Waals surface area contributed by atoms with Crippen LogP contribution in [0.2, 0.25) is 0 Å². The SMILES string of the molecule is Cc1ccc(F)cc1NS(=O)(=O)c1ccc(CO)cc1F. The Morgan fingerprint density at radius 3 is 2.48 bits per heavy atom. The van der Waals surface area contributed by atoms with Crippen molar-refractivity contribution in [3.8, 4) is 0 Å². The van der Waals surface area contributed by atoms with Crippen LogP contribution in [0.4, 0.5) is 14.5 Å². The van der Waals surface area contributed by atoms with Crippen LogP contribution >= 0.6 is 0 Å². The Morgan fingerprint density at radius 2 is 1.86 bits per heavy atom. The molecule has 0 fully saturated rings. The first-order valence-corrected chi connectivity index (χ1v) is 7.50. The van der Waals surface area contributed by atoms with Crippen molar-refractivity contribution in [1.29, 1.82) is 0 Å². The summed E-state index contributed by atoms with van der Waals surface area (Å²) < 4.78 is 53.4. The van der Waals surface area contributed by atoms with Crippen molar-refractivity contribution < 1.29 is 22.3 Å². The molecule has 7 heteroatoms. The second kappa shape index (κ2) is 5.79. The molecule has 0 aliphatic rings. The van der Waals surface area contributed by atoms with Crippen LogP contribution in [-0.4, -0.2) is 13.5 Å². The smallest absolute Gasteiger partial charge is 0.264 e. The summed E-state index contributed by atoms with van der Waals surface area (Å²) in [5.74, 6) is -1.59. The lowest BCUT2D eigenvalue weighted by molar-refractivity contribution is 0.281. The monoisotopic (exact) mass is 313 g/mol. The van der Waals surface area contributed by atoms with E-state index in [0.717, 1.165) is 18.2 Å². The zero-order valence-corrected chi connectivity index (χ0v) is 11.9. The van der Waals surface area contributed by atoms with E-state index >= 15 is 0 Å². The number of nitrogens with one attached hydrogen (secondary N) is 1. The van der Waals surface area contributed by atoms with E-state index in [9.17, 15) is 17.2 Å². The Labute approximate surface area is 121 Å². The molecule has 0 bridgehead atoms. The second-order valence-electron chi connectivity index (χ2n) is 4.49. The number of aliphatic hydroxyl groups excluding tert-OH is 1. The van der Waals surface area contributed by atoms with Gasteiger partial charge in [-0.15, -0.1) is 0 Å². The Bertz CT molecular complexity index is 776. The van der Waals surface area contributed by atoms with Gasteiger partial charge in [0.15, 0.2) is 0 Å². The summed E-state index contributed by atoms with van der Waals surface area (Å²) in [6, 6.07) is 6.93. The third kappa shape index (κ3) is 3.37. The lowest BCUT2D eigenvalue weighted by atomic mass is 10.2. The zero-order chi connectivity index (χ0) is 15.6. The molecule has 0 saturated carbocycles. The fraction of sp³-hybridized carbons (Fsp3) is 0.143. The third-order valence-corrected chi connectivity index (χ3v) is 4.31. The molecular weight excluding hydrogens is 300 g/mol. The number of hydrogen-bond donors (Lipinski definition) is 2. The number of hydrogen-bond acceptors (Lipinski definition) is 3. The summed E-state index contributed by atoms with van der Waals surface area (Å²) in [6.45, 7) is 1.20. The first-order valence-electron chi connectivity index (χ1n) is 6.02. The van der Waals surface area contributed by atoms with Gasteiger partial charge in [0.1, 0.15) is 16.5 Å². The quantitative estimate of drug-likeness (QED) is 0.911. The summed E-state index contributed by atoms with van der Waals surface area (Å²) in [7, 11) is -4.18. The van der Waals surface area contributed by atoms with Crippen molar-refractivity contribution in [3.05, 3.63) is 59.2 Å². The summed E-state index contributed by atoms with van der Waals surface area (Å²) >= 11 is 0. The van der Waals surface area contributed by atoms with Gasteiger partial charge >= 0.3 is 0 Å². The fourth-order valence-corrected chi connectivity index (χ4v) is 2.95. The maximum absolute atomic E-state index is 13.8. The van der Waals surface area contributed by atoms with Gasteiger partial charge < -0.3 is 5.11 Å². The molecule has 2 N–H and O–H groups in total. The third-order valence-electron chi connectivity index (χ3n) is 2.91. The number of anilines is 1. The van der Waals surface area contributed by atoms with Crippen molar-refractivity contribution >= 4 is 15.7 Å². The molecule has 0 heterocycles. The molecule has 0 aliphatic carbocycles. The molecule has 0 spiro atoms. The zero-order valence-electron chi connectivity index (χ0n) is 11.1. The van der Waals surface area contributed by atoms with Gasteiger partial charge in [0.2, 0.25) is 0 Å². The van der Waals surface area contributed by atoms with Gasteiger partial charge in [-0.05, 0) is 42.3 Å². The second-order valence-corrected chi connectivity index (χ2v) is 6.14. The molecule has 0 unspecified atom stereocenters.